The van der Waals surface area contributed by atoms with Crippen molar-refractivity contribution in [3.8, 4) is 0 Å². The van der Waals surface area contributed by atoms with Gasteiger partial charge in [-0.05, 0) is 6.26 Å². The van der Waals surface area contributed by atoms with Crippen LogP contribution in [0.25, 0.3) is 0 Å². The number of rotatable bonds is 4. The van der Waals surface area contributed by atoms with Gasteiger partial charge < -0.3 is 4.84 Å². The van der Waals surface area contributed by atoms with E-state index >= 15 is 0 Å². The first-order valence-electron chi connectivity index (χ1n) is 3.58. The number of carbonyl (C=O) groups is 1. The van der Waals surface area contributed by atoms with E-state index in [1.54, 1.807) is 11.8 Å². The molecule has 0 saturated carbocycles. The van der Waals surface area contributed by atoms with Gasteiger partial charge in [0, 0.05) is 5.75 Å². The maximum absolute atomic E-state index is 10.9. The summed E-state index contributed by atoms with van der Waals surface area (Å²) in [5.74, 6) is 0.401. The summed E-state index contributed by atoms with van der Waals surface area (Å²) in [6.07, 6.45) is 2.29. The highest BCUT2D eigenvalue weighted by atomic mass is 32.2. The number of hydrogen-bond acceptors (Lipinski definition) is 6. The van der Waals surface area contributed by atoms with Crippen LogP contribution in [0.3, 0.4) is 0 Å². The summed E-state index contributed by atoms with van der Waals surface area (Å²) in [6.45, 7) is 0.853. The van der Waals surface area contributed by atoms with Crippen LogP contribution in [0.4, 0.5) is 0 Å². The van der Waals surface area contributed by atoms with Crippen LogP contribution >= 0.6 is 11.8 Å². The van der Waals surface area contributed by atoms with E-state index in [1.165, 1.54) is 0 Å². The van der Waals surface area contributed by atoms with Crippen LogP contribution in [-0.4, -0.2) is 36.6 Å². The van der Waals surface area contributed by atoms with E-state index in [-0.39, 0.29) is 5.97 Å². The van der Waals surface area contributed by atoms with Gasteiger partial charge in [-0.25, -0.2) is 9.68 Å². The Bertz CT molecular complexity index is 148. The highest BCUT2D eigenvalue weighted by Gasteiger charge is 2.18. The fourth-order valence-corrected chi connectivity index (χ4v) is 0.999. The molecule has 1 aliphatic rings. The first kappa shape index (κ1) is 9.79. The molecule has 0 atom stereocenters. The van der Waals surface area contributed by atoms with Crippen LogP contribution in [0.1, 0.15) is 6.42 Å². The molecule has 1 saturated heterocycles. The molecule has 0 amide bonds. The minimum atomic E-state index is -0.341. The molecule has 0 unspecified atom stereocenters. The lowest BCUT2D eigenvalue weighted by atomic mass is 10.5. The van der Waals surface area contributed by atoms with Gasteiger partial charge in [-0.1, -0.05) is 0 Å². The van der Waals surface area contributed by atoms with E-state index < -0.39 is 0 Å². The molecule has 0 aromatic heterocycles. The molecule has 1 rings (SSSR count). The first-order valence-corrected chi connectivity index (χ1v) is 4.98. The molecule has 0 radical (unpaired) electrons. The fraction of sp³-hybridized carbons (Fsp3) is 0.833. The topological polar surface area (TPSA) is 48.0 Å². The van der Waals surface area contributed by atoms with E-state index in [4.69, 9.17) is 9.68 Å². The quantitative estimate of drug-likeness (QED) is 0.643. The smallest absolute Gasteiger partial charge is 0.318 e. The van der Waals surface area contributed by atoms with Crippen molar-refractivity contribution >= 4 is 17.7 Å². The van der Waals surface area contributed by atoms with E-state index in [9.17, 15) is 4.79 Å². The Kier molecular flexibility index (Phi) is 4.37. The second kappa shape index (κ2) is 5.36. The zero-order valence-corrected chi connectivity index (χ0v) is 7.63. The predicted octanol–water partition coefficient (Wildman–Crippen LogP) is 0.376. The van der Waals surface area contributed by atoms with Gasteiger partial charge in [0.15, 0.2) is 0 Å². The van der Waals surface area contributed by atoms with Gasteiger partial charge in [-0.2, -0.15) is 11.8 Å². The molecule has 1 fully saturated rings. The average Bonchev–Trinajstić information content (AvgIpc) is 2.53. The summed E-state index contributed by atoms with van der Waals surface area (Å²) in [6, 6.07) is 0. The van der Waals surface area contributed by atoms with Gasteiger partial charge in [0.2, 0.25) is 0 Å². The van der Waals surface area contributed by atoms with Crippen LogP contribution in [0.15, 0.2) is 0 Å². The molecule has 0 bridgehead atoms. The van der Waals surface area contributed by atoms with Gasteiger partial charge in [-0.3, -0.25) is 4.79 Å². The maximum atomic E-state index is 10.9. The summed E-state index contributed by atoms with van der Waals surface area (Å²) in [7, 11) is 0. The molecule has 0 spiro atoms. The maximum Gasteiger partial charge on any atom is 0.331 e. The molecule has 12 heavy (non-hydrogen) atoms. The Morgan fingerprint density at radius 2 is 2.25 bits per heavy atom. The molecular formula is C6H11NO4S. The molecule has 0 aromatic rings. The highest BCUT2D eigenvalue weighted by Crippen LogP contribution is 2.05. The highest BCUT2D eigenvalue weighted by molar-refractivity contribution is 7.98. The number of carbonyl (C=O) groups excluding carboxylic acids is 1. The van der Waals surface area contributed by atoms with Crippen molar-refractivity contribution in [1.82, 2.24) is 5.39 Å². The third kappa shape index (κ3) is 3.40. The summed E-state index contributed by atoms with van der Waals surface area (Å²) in [5.41, 5.74) is 0. The summed E-state index contributed by atoms with van der Waals surface area (Å²) < 4.78 is 0. The Morgan fingerprint density at radius 1 is 1.58 bits per heavy atom. The number of thioether (sulfide) groups is 1. The van der Waals surface area contributed by atoms with Crippen molar-refractivity contribution in [2.24, 2.45) is 0 Å². The van der Waals surface area contributed by atoms with Crippen molar-refractivity contribution in [1.29, 1.82) is 0 Å². The fourth-order valence-electron chi connectivity index (χ4n) is 0.628. The lowest BCUT2D eigenvalue weighted by Gasteiger charge is -2.09. The molecule has 1 aliphatic heterocycles. The van der Waals surface area contributed by atoms with Crippen molar-refractivity contribution in [2.45, 2.75) is 6.42 Å². The monoisotopic (exact) mass is 193 g/mol. The Hall–Kier alpha value is -0.300. The van der Waals surface area contributed by atoms with Crippen LogP contribution in [0.5, 0.6) is 0 Å². The van der Waals surface area contributed by atoms with Crippen LogP contribution < -0.4 is 0 Å². The van der Waals surface area contributed by atoms with Crippen LogP contribution in [0.2, 0.25) is 0 Å². The number of hydrogen-bond donors (Lipinski definition) is 0. The predicted molar refractivity (Wildman–Crippen MR) is 42.8 cm³/mol. The second-order valence-corrected chi connectivity index (χ2v) is 3.08. The Balaban J connectivity index is 2.08. The molecule has 6 heteroatoms. The second-order valence-electron chi connectivity index (χ2n) is 2.10. The zero-order chi connectivity index (χ0) is 8.81. The molecule has 0 aromatic carbocycles. The SMILES string of the molecule is CSCCC(=O)ON1OCCO1. The van der Waals surface area contributed by atoms with E-state index in [2.05, 4.69) is 4.84 Å². The van der Waals surface area contributed by atoms with Gasteiger partial charge in [0.05, 0.1) is 6.42 Å². The van der Waals surface area contributed by atoms with Gasteiger partial charge >= 0.3 is 5.97 Å². The average molecular weight is 193 g/mol. The standard InChI is InChI=1S/C6H11NO4S/c1-12-5-2-6(8)11-7-9-3-4-10-7/h2-5H2,1H3. The van der Waals surface area contributed by atoms with Crippen LogP contribution in [-0.2, 0) is 19.3 Å². The van der Waals surface area contributed by atoms with Gasteiger partial charge in [-0.15, -0.1) is 0 Å². The van der Waals surface area contributed by atoms with E-state index in [0.717, 1.165) is 11.1 Å². The molecule has 0 aliphatic carbocycles. The zero-order valence-electron chi connectivity index (χ0n) is 6.82. The molecule has 1 heterocycles. The van der Waals surface area contributed by atoms with Crippen molar-refractivity contribution in [3.05, 3.63) is 0 Å². The van der Waals surface area contributed by atoms with Crippen molar-refractivity contribution in [2.75, 3.05) is 25.2 Å². The molecule has 70 valence electrons. The van der Waals surface area contributed by atoms with Gasteiger partial charge in [0.1, 0.15) is 18.6 Å². The minimum Gasteiger partial charge on any atom is -0.318 e. The summed E-state index contributed by atoms with van der Waals surface area (Å²) in [4.78, 5) is 25.1. The van der Waals surface area contributed by atoms with Crippen molar-refractivity contribution < 1.29 is 19.3 Å². The Morgan fingerprint density at radius 3 is 2.83 bits per heavy atom. The Labute approximate surface area is 74.8 Å². The largest absolute Gasteiger partial charge is 0.331 e. The van der Waals surface area contributed by atoms with Crippen LogP contribution in [0, 0.1) is 0 Å². The van der Waals surface area contributed by atoms with E-state index in [1.807, 2.05) is 6.26 Å². The third-order valence-electron chi connectivity index (χ3n) is 1.16. The lowest BCUT2D eigenvalue weighted by molar-refractivity contribution is -0.460. The first-order chi connectivity index (χ1) is 5.83. The molecule has 5 nitrogen and oxygen atoms in total. The molecular weight excluding hydrogens is 182 g/mol. The number of nitrogens with zero attached hydrogens (tertiary/aromatic N) is 1. The summed E-state index contributed by atoms with van der Waals surface area (Å²) in [5, 5.41) is 0.767. The lowest BCUT2D eigenvalue weighted by Crippen LogP contribution is -2.22. The summed E-state index contributed by atoms with van der Waals surface area (Å²) >= 11 is 1.59. The normalized spacial score (nSPS) is 18.1. The third-order valence-corrected chi connectivity index (χ3v) is 1.78. The van der Waals surface area contributed by atoms with Crippen molar-refractivity contribution in [3.63, 3.8) is 0 Å². The molecule has 0 N–H and O–H groups in total. The minimum absolute atomic E-state index is 0.341. The van der Waals surface area contributed by atoms with Gasteiger partial charge in [0.25, 0.3) is 0 Å². The van der Waals surface area contributed by atoms with E-state index in [0.29, 0.717) is 19.6 Å².